The van der Waals surface area contributed by atoms with Gasteiger partial charge in [0.15, 0.2) is 0 Å². The first kappa shape index (κ1) is 25.1. The molecule has 4 aromatic carbocycles. The Morgan fingerprint density at radius 1 is 0.583 bits per heavy atom. The van der Waals surface area contributed by atoms with Crippen molar-refractivity contribution in [1.82, 2.24) is 0 Å². The lowest BCUT2D eigenvalue weighted by molar-refractivity contribution is 0.415. The summed E-state index contributed by atoms with van der Waals surface area (Å²) >= 11 is 0. The highest BCUT2D eigenvalue weighted by Gasteiger charge is 2.21. The first-order chi connectivity index (χ1) is 17.0. The Kier molecular flexibility index (Phi) is 6.90. The van der Waals surface area contributed by atoms with Gasteiger partial charge in [-0.15, -0.1) is 0 Å². The second-order valence-electron chi connectivity index (χ2n) is 7.36. The van der Waals surface area contributed by atoms with Crippen LogP contribution in [-0.2, 0) is 20.2 Å². The van der Waals surface area contributed by atoms with Gasteiger partial charge in [-0.3, -0.25) is 9.11 Å². The van der Waals surface area contributed by atoms with Crippen molar-refractivity contribution in [2.24, 2.45) is 20.5 Å². The second kappa shape index (κ2) is 9.91. The van der Waals surface area contributed by atoms with Gasteiger partial charge in [-0.25, -0.2) is 0 Å². The Morgan fingerprint density at radius 2 is 1.06 bits per heavy atom. The van der Waals surface area contributed by atoms with E-state index in [1.807, 2.05) is 0 Å². The van der Waals surface area contributed by atoms with Crippen LogP contribution in [0, 0.1) is 0 Å². The number of hydrogen-bond acceptors (Lipinski definition) is 9. The minimum absolute atomic E-state index is 0.0607. The Balaban J connectivity index is 1.64. The van der Waals surface area contributed by atoms with Crippen LogP contribution < -0.4 is 4.74 Å². The van der Waals surface area contributed by atoms with Crippen LogP contribution in [0.1, 0.15) is 0 Å². The van der Waals surface area contributed by atoms with E-state index in [0.717, 1.165) is 12.1 Å². The Hall–Kier alpha value is -4.04. The molecule has 4 rings (SSSR count). The highest BCUT2D eigenvalue weighted by atomic mass is 32.2. The molecule has 0 aliphatic rings. The van der Waals surface area contributed by atoms with E-state index in [-0.39, 0.29) is 16.5 Å². The summed E-state index contributed by atoms with van der Waals surface area (Å²) in [4.78, 5) is -1.11. The zero-order chi connectivity index (χ0) is 25.9. The molecule has 0 aliphatic carbocycles. The number of fused-ring (bicyclic) bond motifs is 1. The first-order valence-corrected chi connectivity index (χ1v) is 13.0. The molecule has 0 saturated heterocycles. The number of methoxy groups -OCH3 is 1. The van der Waals surface area contributed by atoms with Gasteiger partial charge in [0.05, 0.1) is 29.9 Å². The molecule has 184 valence electrons. The van der Waals surface area contributed by atoms with Crippen LogP contribution in [0.25, 0.3) is 10.8 Å². The summed E-state index contributed by atoms with van der Waals surface area (Å²) in [5.41, 5.74) is 1.50. The number of ether oxygens (including phenoxy) is 1. The molecule has 0 spiro atoms. The molecule has 11 nitrogen and oxygen atoms in total. The van der Waals surface area contributed by atoms with E-state index in [1.165, 1.54) is 18.2 Å². The fraction of sp³-hybridized carbons (Fsp3) is 0.0435. The predicted octanol–water partition coefficient (Wildman–Crippen LogP) is 6.17. The zero-order valence-corrected chi connectivity index (χ0v) is 20.2. The van der Waals surface area contributed by atoms with Crippen molar-refractivity contribution >= 4 is 53.8 Å². The van der Waals surface area contributed by atoms with E-state index in [2.05, 4.69) is 20.5 Å². The van der Waals surface area contributed by atoms with Gasteiger partial charge in [-0.05, 0) is 66.7 Å². The van der Waals surface area contributed by atoms with E-state index < -0.39 is 30.0 Å². The zero-order valence-electron chi connectivity index (χ0n) is 18.5. The SMILES string of the molecule is COc1ccc(N=Nc2ccc(N=Nc3cc(S(=O)(=O)O)c4cccc(S(=O)(=O)O)c4c3)cc2)cc1. The van der Waals surface area contributed by atoms with Gasteiger partial charge < -0.3 is 4.74 Å². The number of rotatable bonds is 7. The van der Waals surface area contributed by atoms with Crippen molar-refractivity contribution in [1.29, 1.82) is 0 Å². The summed E-state index contributed by atoms with van der Waals surface area (Å²) < 4.78 is 71.6. The van der Waals surface area contributed by atoms with Crippen LogP contribution in [0.4, 0.5) is 22.7 Å². The van der Waals surface area contributed by atoms with Gasteiger partial charge in [0.1, 0.15) is 15.5 Å². The van der Waals surface area contributed by atoms with Crippen LogP contribution in [-0.4, -0.2) is 33.1 Å². The van der Waals surface area contributed by atoms with Crippen molar-refractivity contribution < 1.29 is 30.7 Å². The van der Waals surface area contributed by atoms with Crippen LogP contribution in [0.2, 0.25) is 0 Å². The normalized spacial score (nSPS) is 12.5. The molecule has 13 heteroatoms. The number of azo groups is 2. The lowest BCUT2D eigenvalue weighted by Gasteiger charge is -2.08. The minimum atomic E-state index is -4.74. The molecule has 2 N–H and O–H groups in total. The number of benzene rings is 4. The molecule has 0 unspecified atom stereocenters. The quantitative estimate of drug-likeness (QED) is 0.214. The molecule has 36 heavy (non-hydrogen) atoms. The van der Waals surface area contributed by atoms with Gasteiger partial charge in [0.2, 0.25) is 0 Å². The summed E-state index contributed by atoms with van der Waals surface area (Å²) in [6.45, 7) is 0. The third-order valence-electron chi connectivity index (χ3n) is 4.94. The smallest absolute Gasteiger partial charge is 0.295 e. The lowest BCUT2D eigenvalue weighted by Crippen LogP contribution is -2.03. The molecule has 0 amide bonds. The van der Waals surface area contributed by atoms with Gasteiger partial charge in [-0.1, -0.05) is 12.1 Å². The maximum Gasteiger partial charge on any atom is 0.295 e. The topological polar surface area (TPSA) is 167 Å². The maximum absolute atomic E-state index is 11.9. The summed E-state index contributed by atoms with van der Waals surface area (Å²) in [6, 6.07) is 19.4. The van der Waals surface area contributed by atoms with Crippen molar-refractivity contribution in [3.63, 3.8) is 0 Å². The molecular formula is C23H18N4O7S2. The van der Waals surface area contributed by atoms with Crippen LogP contribution in [0.3, 0.4) is 0 Å². The van der Waals surface area contributed by atoms with E-state index in [4.69, 9.17) is 4.74 Å². The fourth-order valence-corrected chi connectivity index (χ4v) is 4.69. The molecule has 0 fully saturated rings. The van der Waals surface area contributed by atoms with E-state index in [1.54, 1.807) is 55.6 Å². The molecule has 0 heterocycles. The molecule has 0 saturated carbocycles. The van der Waals surface area contributed by atoms with Crippen LogP contribution in [0.15, 0.2) is 109 Å². The van der Waals surface area contributed by atoms with Crippen LogP contribution in [0.5, 0.6) is 5.75 Å². The van der Waals surface area contributed by atoms with Gasteiger partial charge in [0, 0.05) is 10.8 Å². The predicted molar refractivity (Wildman–Crippen MR) is 131 cm³/mol. The van der Waals surface area contributed by atoms with Crippen molar-refractivity contribution in [2.75, 3.05) is 7.11 Å². The molecular weight excluding hydrogens is 508 g/mol. The van der Waals surface area contributed by atoms with Gasteiger partial charge >= 0.3 is 0 Å². The largest absolute Gasteiger partial charge is 0.497 e. The maximum atomic E-state index is 11.9. The molecule has 4 aromatic rings. The van der Waals surface area contributed by atoms with Crippen LogP contribution >= 0.6 is 0 Å². The lowest BCUT2D eigenvalue weighted by atomic mass is 10.1. The third kappa shape index (κ3) is 5.78. The van der Waals surface area contributed by atoms with Crippen molar-refractivity contribution in [3.05, 3.63) is 78.9 Å². The van der Waals surface area contributed by atoms with E-state index >= 15 is 0 Å². The van der Waals surface area contributed by atoms with Gasteiger partial charge in [-0.2, -0.15) is 37.3 Å². The standard InChI is InChI=1S/C23H18N4O7S2/c1-34-19-11-9-17(10-12-19)25-24-15-5-7-16(8-6-15)26-27-18-13-21-20(23(14-18)36(31,32)33)3-2-4-22(21)35(28,29)30/h2-14H,1H3,(H,28,29,30)(H,31,32,33). The van der Waals surface area contributed by atoms with Crippen molar-refractivity contribution in [2.45, 2.75) is 9.79 Å². The number of nitrogens with zero attached hydrogens (tertiary/aromatic N) is 4. The summed E-state index contributed by atoms with van der Waals surface area (Å²) in [5, 5.41) is 16.0. The highest BCUT2D eigenvalue weighted by molar-refractivity contribution is 7.86. The average molecular weight is 527 g/mol. The van der Waals surface area contributed by atoms with Crippen molar-refractivity contribution in [3.8, 4) is 5.75 Å². The molecule has 0 bridgehead atoms. The fourth-order valence-electron chi connectivity index (χ4n) is 3.27. The van der Waals surface area contributed by atoms with E-state index in [0.29, 0.717) is 22.8 Å². The monoisotopic (exact) mass is 526 g/mol. The third-order valence-corrected chi connectivity index (χ3v) is 6.75. The summed E-state index contributed by atoms with van der Waals surface area (Å²) in [7, 11) is -7.86. The number of hydrogen-bond donors (Lipinski definition) is 2. The average Bonchev–Trinajstić information content (AvgIpc) is 2.85. The van der Waals surface area contributed by atoms with Gasteiger partial charge in [0.25, 0.3) is 20.2 Å². The second-order valence-corrected chi connectivity index (χ2v) is 10.1. The molecule has 0 aromatic heterocycles. The van der Waals surface area contributed by atoms with E-state index in [9.17, 15) is 25.9 Å². The highest BCUT2D eigenvalue weighted by Crippen LogP contribution is 2.34. The molecule has 0 radical (unpaired) electrons. The Morgan fingerprint density at radius 3 is 1.53 bits per heavy atom. The molecule has 0 atom stereocenters. The summed E-state index contributed by atoms with van der Waals surface area (Å²) in [6.07, 6.45) is 0. The summed E-state index contributed by atoms with van der Waals surface area (Å²) in [5.74, 6) is 0.702. The Bertz CT molecular complexity index is 1700. The minimum Gasteiger partial charge on any atom is -0.497 e. The first-order valence-electron chi connectivity index (χ1n) is 10.1. The Labute approximate surface area is 206 Å². The molecule has 0 aliphatic heterocycles.